The normalized spacial score (nSPS) is 39.7. The number of nitrogens with zero attached hydrogens (tertiary/aromatic N) is 7. The summed E-state index contributed by atoms with van der Waals surface area (Å²) in [4.78, 5) is 38.4. The van der Waals surface area contributed by atoms with Gasteiger partial charge in [0.2, 0.25) is 5.95 Å². The van der Waals surface area contributed by atoms with Gasteiger partial charge in [-0.3, -0.25) is 27.9 Å². The third kappa shape index (κ3) is 4.89. The maximum atomic E-state index is 15.9. The van der Waals surface area contributed by atoms with Gasteiger partial charge in [-0.15, -0.1) is 5.10 Å². The molecular weight excluding hydrogens is 697 g/mol. The molecule has 4 fully saturated rings. The molecule has 4 bridgehead atoms. The molecule has 0 aliphatic carbocycles. The number of ether oxygens (including phenoxy) is 3. The first kappa shape index (κ1) is 30.7. The summed E-state index contributed by atoms with van der Waals surface area (Å²) in [5.41, 5.74) is 10.2. The standard InChI is InChI=1S/C21H23FN10O10P2S2/c22-9-8-3-37-43(34,45)42-14-13-18(31-6-26-10-7(23)1-2-25-15(10)31)40-21(14,4-36-13)5-38-44(35,46)41-12(9)19(39-8)32-16-11(29-30-32)17(33)28-20(24)27-16/h1-2,6,8-9,12-14,18-19H,3-5H2,(H2,23,25)(H,34,45)(H,35,46)(H3,24,27,28,33)/t8-,9+,12-,13-,14+,18-,19-,21?,43?,44?/m1/s1. The van der Waals surface area contributed by atoms with Gasteiger partial charge in [-0.2, -0.15) is 9.67 Å². The lowest BCUT2D eigenvalue weighted by molar-refractivity contribution is -0.183. The number of pyridine rings is 1. The Morgan fingerprint density at radius 1 is 1.15 bits per heavy atom. The molecule has 25 heteroatoms. The Kier molecular flexibility index (Phi) is 7.11. The van der Waals surface area contributed by atoms with Crippen LogP contribution in [0.3, 0.4) is 0 Å². The molecule has 4 aromatic heterocycles. The van der Waals surface area contributed by atoms with Crippen LogP contribution in [0.4, 0.5) is 16.0 Å². The number of alkyl halides is 1. The lowest BCUT2D eigenvalue weighted by Crippen LogP contribution is -2.45. The van der Waals surface area contributed by atoms with Crippen LogP contribution in [0.15, 0.2) is 23.4 Å². The van der Waals surface area contributed by atoms with E-state index in [2.05, 4.69) is 42.5 Å². The summed E-state index contributed by atoms with van der Waals surface area (Å²) < 4.78 is 73.1. The van der Waals surface area contributed by atoms with Gasteiger partial charge in [0.25, 0.3) is 5.56 Å². The van der Waals surface area contributed by atoms with Gasteiger partial charge >= 0.3 is 13.5 Å². The third-order valence-corrected chi connectivity index (χ3v) is 11.1. The monoisotopic (exact) mass is 720 g/mol. The lowest BCUT2D eigenvalue weighted by atomic mass is 10.0. The van der Waals surface area contributed by atoms with Gasteiger partial charge in [0.1, 0.15) is 35.5 Å². The van der Waals surface area contributed by atoms with Crippen molar-refractivity contribution < 1.29 is 46.2 Å². The van der Waals surface area contributed by atoms with E-state index in [0.29, 0.717) is 16.9 Å². The van der Waals surface area contributed by atoms with Gasteiger partial charge < -0.3 is 35.1 Å². The minimum Gasteiger partial charge on any atom is -0.397 e. The van der Waals surface area contributed by atoms with Crippen LogP contribution in [0.5, 0.6) is 0 Å². The molecular formula is C21H23FN10O10P2S2. The SMILES string of the molecule is Nc1nc2c(nnn2[C@@H]2O[C@@H]3COP(O)(=S)O[C@H]4[C@H]5OCC4(COP(=O)(S)O[C@@H]2[C@H]3F)O[C@H]5n2cnc3c(N)ccnc32)c(=O)[nH]1. The maximum Gasteiger partial charge on any atom is 0.386 e. The predicted molar refractivity (Wildman–Crippen MR) is 158 cm³/mol. The van der Waals surface area contributed by atoms with Gasteiger partial charge in [0.15, 0.2) is 35.4 Å². The van der Waals surface area contributed by atoms with Crippen molar-refractivity contribution in [2.24, 2.45) is 0 Å². The minimum absolute atomic E-state index is 0.153. The molecule has 0 spiro atoms. The summed E-state index contributed by atoms with van der Waals surface area (Å²) in [6.45, 7) is -9.97. The lowest BCUT2D eigenvalue weighted by Gasteiger charge is -2.33. The Morgan fingerprint density at radius 3 is 2.80 bits per heavy atom. The zero-order valence-electron chi connectivity index (χ0n) is 22.9. The van der Waals surface area contributed by atoms with Crippen LogP contribution in [0.2, 0.25) is 0 Å². The second-order valence-electron chi connectivity index (χ2n) is 10.8. The number of nitrogens with one attached hydrogen (secondary N) is 1. The molecule has 20 nitrogen and oxygen atoms in total. The first-order chi connectivity index (χ1) is 21.8. The number of thiol groups is 1. The quantitative estimate of drug-likeness (QED) is 0.136. The molecule has 6 N–H and O–H groups in total. The summed E-state index contributed by atoms with van der Waals surface area (Å²) in [6.07, 6.45) is -6.85. The van der Waals surface area contributed by atoms with Crippen LogP contribution in [0, 0.1) is 0 Å². The van der Waals surface area contributed by atoms with Crippen molar-refractivity contribution in [3.05, 3.63) is 28.9 Å². The highest BCUT2D eigenvalue weighted by atomic mass is 32.7. The highest BCUT2D eigenvalue weighted by Gasteiger charge is 2.65. The van der Waals surface area contributed by atoms with E-state index in [-0.39, 0.29) is 23.7 Å². The van der Waals surface area contributed by atoms with E-state index >= 15 is 4.39 Å². The highest BCUT2D eigenvalue weighted by Crippen LogP contribution is 2.61. The second kappa shape index (κ2) is 10.7. The topological polar surface area (TPSA) is 261 Å². The number of rotatable bonds is 2. The number of hydrogen-bond donors (Lipinski definition) is 5. The molecule has 0 aromatic carbocycles. The number of anilines is 2. The summed E-state index contributed by atoms with van der Waals surface area (Å²) in [5.74, 6) is -0.277. The predicted octanol–water partition coefficient (Wildman–Crippen LogP) is 0.0977. The largest absolute Gasteiger partial charge is 0.397 e. The van der Waals surface area contributed by atoms with Gasteiger partial charge in [0, 0.05) is 6.20 Å². The molecule has 0 saturated carbocycles. The van der Waals surface area contributed by atoms with Crippen molar-refractivity contribution in [3.63, 3.8) is 0 Å². The van der Waals surface area contributed by atoms with Crippen molar-refractivity contribution in [1.29, 1.82) is 0 Å². The van der Waals surface area contributed by atoms with E-state index in [4.69, 9.17) is 55.6 Å². The number of nitrogen functional groups attached to an aromatic ring is 2. The highest BCUT2D eigenvalue weighted by molar-refractivity contribution is 8.44. The molecule has 3 unspecified atom stereocenters. The summed E-state index contributed by atoms with van der Waals surface area (Å²) >= 11 is 9.40. The molecule has 8 rings (SSSR count). The van der Waals surface area contributed by atoms with E-state index in [1.165, 1.54) is 12.5 Å². The van der Waals surface area contributed by atoms with Crippen molar-refractivity contribution >= 4 is 71.5 Å². The molecule has 0 amide bonds. The number of nitrogens with two attached hydrogens (primary N) is 2. The first-order valence-electron chi connectivity index (χ1n) is 13.4. The van der Waals surface area contributed by atoms with Gasteiger partial charge in [-0.25, -0.2) is 18.9 Å². The van der Waals surface area contributed by atoms with E-state index in [0.717, 1.165) is 4.68 Å². The van der Waals surface area contributed by atoms with E-state index in [1.807, 2.05) is 0 Å². The van der Waals surface area contributed by atoms with E-state index in [1.54, 1.807) is 10.6 Å². The molecule has 10 atom stereocenters. The molecule has 4 aliphatic rings. The van der Waals surface area contributed by atoms with Crippen LogP contribution < -0.4 is 17.0 Å². The Labute approximate surface area is 265 Å². The number of H-pyrrole nitrogens is 1. The maximum absolute atomic E-state index is 15.9. The van der Waals surface area contributed by atoms with Gasteiger partial charge in [-0.05, 0) is 17.9 Å². The van der Waals surface area contributed by atoms with Crippen LogP contribution in [-0.4, -0.2) is 100 Å². The molecule has 0 radical (unpaired) electrons. The number of fused-ring (bicyclic) bond motifs is 4. The van der Waals surface area contributed by atoms with E-state index < -0.39 is 80.9 Å². The Morgan fingerprint density at radius 2 is 1.98 bits per heavy atom. The molecule has 8 heterocycles. The number of aromatic amines is 1. The summed E-state index contributed by atoms with van der Waals surface area (Å²) in [6, 6.07) is 1.59. The molecule has 246 valence electrons. The van der Waals surface area contributed by atoms with Crippen LogP contribution in [0.25, 0.3) is 22.3 Å². The summed E-state index contributed by atoms with van der Waals surface area (Å²) in [5, 5.41) is 7.62. The van der Waals surface area contributed by atoms with Crippen molar-refractivity contribution in [2.45, 2.75) is 48.6 Å². The first-order valence-corrected chi connectivity index (χ1v) is 18.7. The molecule has 4 aliphatic heterocycles. The van der Waals surface area contributed by atoms with Crippen molar-refractivity contribution in [3.8, 4) is 0 Å². The number of aromatic nitrogens is 8. The zero-order chi connectivity index (χ0) is 32.2. The number of hydrogen-bond acceptors (Lipinski definition) is 17. The van der Waals surface area contributed by atoms with Crippen LogP contribution >= 0.6 is 25.8 Å². The van der Waals surface area contributed by atoms with Crippen molar-refractivity contribution in [1.82, 2.24) is 39.5 Å². The average Bonchev–Trinajstić information content (AvgIpc) is 3.80. The zero-order valence-corrected chi connectivity index (χ0v) is 26.4. The second-order valence-corrected chi connectivity index (χ2v) is 16.5. The fourth-order valence-corrected chi connectivity index (χ4v) is 8.83. The van der Waals surface area contributed by atoms with Crippen LogP contribution in [0.1, 0.15) is 12.5 Å². The third-order valence-electron chi connectivity index (χ3n) is 7.97. The van der Waals surface area contributed by atoms with Crippen LogP contribution in [-0.2, 0) is 48.7 Å². The fraction of sp³-hybridized carbons (Fsp3) is 0.524. The number of halogens is 1. The Bertz CT molecular complexity index is 2040. The molecule has 46 heavy (non-hydrogen) atoms. The molecule has 4 saturated heterocycles. The summed E-state index contributed by atoms with van der Waals surface area (Å²) in [7, 11) is 0. The smallest absolute Gasteiger partial charge is 0.386 e. The molecule has 4 aromatic rings. The fourth-order valence-electron chi connectivity index (χ4n) is 5.90. The van der Waals surface area contributed by atoms with E-state index in [9.17, 15) is 14.3 Å². The van der Waals surface area contributed by atoms with Gasteiger partial charge in [0.05, 0.1) is 31.8 Å². The van der Waals surface area contributed by atoms with Gasteiger partial charge in [-0.1, -0.05) is 17.5 Å². The Hall–Kier alpha value is -2.66. The Balaban J connectivity index is 1.14. The average molecular weight is 721 g/mol. The number of imidazole rings is 1. The van der Waals surface area contributed by atoms with Crippen molar-refractivity contribution in [2.75, 3.05) is 31.3 Å². The minimum atomic E-state index is -4.46.